The molecule has 128 valence electrons. The van der Waals surface area contributed by atoms with Crippen LogP contribution in [-0.4, -0.2) is 28.8 Å². The first-order chi connectivity index (χ1) is 12.2. The quantitative estimate of drug-likeness (QED) is 0.687. The summed E-state index contributed by atoms with van der Waals surface area (Å²) in [6.45, 7) is 0.630. The van der Waals surface area contributed by atoms with Gasteiger partial charge in [0.25, 0.3) is 0 Å². The summed E-state index contributed by atoms with van der Waals surface area (Å²) in [7, 11) is 1.65. The molecule has 0 saturated heterocycles. The van der Waals surface area contributed by atoms with Crippen molar-refractivity contribution in [2.24, 2.45) is 0 Å². The molecule has 0 aliphatic carbocycles. The van der Waals surface area contributed by atoms with Gasteiger partial charge in [0.2, 0.25) is 5.95 Å². The molecule has 2 N–H and O–H groups in total. The van der Waals surface area contributed by atoms with Gasteiger partial charge in [-0.25, -0.2) is 4.39 Å². The van der Waals surface area contributed by atoms with Crippen molar-refractivity contribution in [3.8, 4) is 5.75 Å². The van der Waals surface area contributed by atoms with E-state index in [0.29, 0.717) is 24.0 Å². The lowest BCUT2D eigenvalue weighted by Gasteiger charge is -2.09. The van der Waals surface area contributed by atoms with E-state index < -0.39 is 0 Å². The third-order valence-corrected chi connectivity index (χ3v) is 3.53. The van der Waals surface area contributed by atoms with Crippen LogP contribution in [0.4, 0.5) is 21.8 Å². The lowest BCUT2D eigenvalue weighted by Crippen LogP contribution is -2.10. The van der Waals surface area contributed by atoms with Gasteiger partial charge in [-0.05, 0) is 36.2 Å². The lowest BCUT2D eigenvalue weighted by atomic mass is 10.1. The summed E-state index contributed by atoms with van der Waals surface area (Å²) in [6.07, 6.45) is 2.24. The molecule has 0 spiro atoms. The van der Waals surface area contributed by atoms with Crippen molar-refractivity contribution >= 4 is 17.5 Å². The third-order valence-electron chi connectivity index (χ3n) is 3.53. The highest BCUT2D eigenvalue weighted by atomic mass is 19.1. The molecule has 1 aromatic heterocycles. The van der Waals surface area contributed by atoms with Gasteiger partial charge < -0.3 is 15.4 Å². The molecule has 25 heavy (non-hydrogen) atoms. The normalized spacial score (nSPS) is 10.3. The molecule has 0 bridgehead atoms. The first-order valence-corrected chi connectivity index (χ1v) is 7.82. The first kappa shape index (κ1) is 16.6. The Labute approximate surface area is 145 Å². The topological polar surface area (TPSA) is 72.0 Å². The van der Waals surface area contributed by atoms with Gasteiger partial charge >= 0.3 is 0 Å². The fourth-order valence-electron chi connectivity index (χ4n) is 2.37. The molecule has 0 atom stereocenters. The maximum Gasteiger partial charge on any atom is 0.244 e. The van der Waals surface area contributed by atoms with Crippen LogP contribution in [0.15, 0.2) is 54.7 Å². The summed E-state index contributed by atoms with van der Waals surface area (Å²) >= 11 is 0. The Morgan fingerprint density at radius 1 is 1.12 bits per heavy atom. The van der Waals surface area contributed by atoms with E-state index in [-0.39, 0.29) is 5.82 Å². The monoisotopic (exact) mass is 339 g/mol. The van der Waals surface area contributed by atoms with Crippen molar-refractivity contribution in [2.75, 3.05) is 24.3 Å². The van der Waals surface area contributed by atoms with E-state index in [0.717, 1.165) is 17.7 Å². The van der Waals surface area contributed by atoms with Gasteiger partial charge in [0, 0.05) is 12.2 Å². The van der Waals surface area contributed by atoms with Crippen LogP contribution < -0.4 is 15.4 Å². The zero-order valence-corrected chi connectivity index (χ0v) is 13.7. The molecule has 3 rings (SSSR count). The summed E-state index contributed by atoms with van der Waals surface area (Å²) in [4.78, 5) is 4.32. The van der Waals surface area contributed by atoms with Gasteiger partial charge in [-0.1, -0.05) is 24.3 Å². The van der Waals surface area contributed by atoms with Crippen molar-refractivity contribution in [3.05, 3.63) is 66.1 Å². The summed E-state index contributed by atoms with van der Waals surface area (Å²) in [5, 5.41) is 14.0. The molecule has 6 nitrogen and oxygen atoms in total. The minimum absolute atomic E-state index is 0.317. The number of nitrogens with one attached hydrogen (secondary N) is 2. The van der Waals surface area contributed by atoms with Crippen LogP contribution in [0.2, 0.25) is 0 Å². The molecular weight excluding hydrogens is 321 g/mol. The Morgan fingerprint density at radius 2 is 2.00 bits per heavy atom. The maximum absolute atomic E-state index is 13.2. The molecule has 0 aliphatic rings. The van der Waals surface area contributed by atoms with Gasteiger partial charge in [0.15, 0.2) is 5.82 Å². The van der Waals surface area contributed by atoms with Gasteiger partial charge in [-0.15, -0.1) is 5.10 Å². The lowest BCUT2D eigenvalue weighted by molar-refractivity contribution is 0.410. The highest BCUT2D eigenvalue weighted by molar-refractivity contribution is 5.55. The van der Waals surface area contributed by atoms with Crippen LogP contribution in [0.3, 0.4) is 0 Å². The first-order valence-electron chi connectivity index (χ1n) is 7.82. The zero-order chi connectivity index (χ0) is 17.5. The number of benzene rings is 2. The Bertz CT molecular complexity index is 843. The van der Waals surface area contributed by atoms with Crippen LogP contribution in [0.1, 0.15) is 5.56 Å². The molecule has 0 radical (unpaired) electrons. The van der Waals surface area contributed by atoms with Gasteiger partial charge in [0.1, 0.15) is 11.6 Å². The van der Waals surface area contributed by atoms with E-state index in [9.17, 15) is 4.39 Å². The van der Waals surface area contributed by atoms with Gasteiger partial charge in [0.05, 0.1) is 13.3 Å². The van der Waals surface area contributed by atoms with E-state index in [1.165, 1.54) is 18.3 Å². The minimum Gasteiger partial charge on any atom is -0.496 e. The Kier molecular flexibility index (Phi) is 5.36. The number of ether oxygens (including phenoxy) is 1. The average molecular weight is 339 g/mol. The second kappa shape index (κ2) is 8.05. The molecule has 0 aliphatic heterocycles. The number of aromatic nitrogens is 3. The second-order valence-corrected chi connectivity index (χ2v) is 5.29. The molecule has 0 fully saturated rings. The minimum atomic E-state index is -0.317. The standard InChI is InChI=1S/C18H18FN5O/c1-25-16-8-3-2-5-13(16)9-10-20-18-23-17(12-21-24-18)22-15-7-4-6-14(19)11-15/h2-8,11-12H,9-10H2,1H3,(H2,20,22,23,24). The van der Waals surface area contributed by atoms with Gasteiger partial charge in [-0.2, -0.15) is 10.1 Å². The maximum atomic E-state index is 13.2. The smallest absolute Gasteiger partial charge is 0.244 e. The van der Waals surface area contributed by atoms with Crippen LogP contribution >= 0.6 is 0 Å². The van der Waals surface area contributed by atoms with Crippen LogP contribution in [0.5, 0.6) is 5.75 Å². The number of anilines is 3. The van der Waals surface area contributed by atoms with E-state index in [2.05, 4.69) is 25.8 Å². The Hall–Kier alpha value is -3.22. The largest absolute Gasteiger partial charge is 0.496 e. The molecule has 7 heteroatoms. The molecule has 1 heterocycles. The van der Waals surface area contributed by atoms with E-state index in [4.69, 9.17) is 4.74 Å². The number of para-hydroxylation sites is 1. The average Bonchev–Trinajstić information content (AvgIpc) is 2.62. The molecule has 0 unspecified atom stereocenters. The van der Waals surface area contributed by atoms with Crippen molar-refractivity contribution in [3.63, 3.8) is 0 Å². The highest BCUT2D eigenvalue weighted by Crippen LogP contribution is 2.18. The van der Waals surface area contributed by atoms with Crippen molar-refractivity contribution in [1.82, 2.24) is 15.2 Å². The fourth-order valence-corrected chi connectivity index (χ4v) is 2.37. The summed E-state index contributed by atoms with van der Waals surface area (Å²) in [6, 6.07) is 14.0. The second-order valence-electron chi connectivity index (χ2n) is 5.29. The van der Waals surface area contributed by atoms with Crippen molar-refractivity contribution < 1.29 is 9.13 Å². The zero-order valence-electron chi connectivity index (χ0n) is 13.7. The van der Waals surface area contributed by atoms with Crippen LogP contribution in [0.25, 0.3) is 0 Å². The molecule has 3 aromatic rings. The number of rotatable bonds is 7. The van der Waals surface area contributed by atoms with Crippen LogP contribution in [0, 0.1) is 5.82 Å². The summed E-state index contributed by atoms with van der Waals surface area (Å²) < 4.78 is 18.6. The molecule has 0 amide bonds. The van der Waals surface area contributed by atoms with Crippen molar-refractivity contribution in [1.29, 1.82) is 0 Å². The molecule has 0 saturated carbocycles. The number of hydrogen-bond donors (Lipinski definition) is 2. The number of methoxy groups -OCH3 is 1. The number of hydrogen-bond acceptors (Lipinski definition) is 6. The van der Waals surface area contributed by atoms with Crippen LogP contribution in [-0.2, 0) is 6.42 Å². The van der Waals surface area contributed by atoms with Gasteiger partial charge in [-0.3, -0.25) is 0 Å². The third kappa shape index (κ3) is 4.63. The molecular formula is C18H18FN5O. The molecule has 2 aromatic carbocycles. The number of halogens is 1. The Balaban J connectivity index is 1.60. The summed E-state index contributed by atoms with van der Waals surface area (Å²) in [5.74, 6) is 1.42. The highest BCUT2D eigenvalue weighted by Gasteiger charge is 2.04. The fraction of sp³-hybridized carbons (Fsp3) is 0.167. The number of nitrogens with zero attached hydrogens (tertiary/aromatic N) is 3. The predicted octanol–water partition coefficient (Wildman–Crippen LogP) is 3.42. The van der Waals surface area contributed by atoms with E-state index in [1.807, 2.05) is 24.3 Å². The SMILES string of the molecule is COc1ccccc1CCNc1nncc(Nc2cccc(F)c2)n1. The Morgan fingerprint density at radius 3 is 2.84 bits per heavy atom. The predicted molar refractivity (Wildman–Crippen MR) is 94.7 cm³/mol. The summed E-state index contributed by atoms with van der Waals surface area (Å²) in [5.41, 5.74) is 1.69. The van der Waals surface area contributed by atoms with E-state index >= 15 is 0 Å². The van der Waals surface area contributed by atoms with E-state index in [1.54, 1.807) is 19.2 Å². The van der Waals surface area contributed by atoms with Crippen molar-refractivity contribution in [2.45, 2.75) is 6.42 Å².